The molecule has 7 heteroatoms. The summed E-state index contributed by atoms with van der Waals surface area (Å²) < 4.78 is 3.59. The third-order valence-corrected chi connectivity index (χ3v) is 4.60. The van der Waals surface area contributed by atoms with Gasteiger partial charge >= 0.3 is 0 Å². The van der Waals surface area contributed by atoms with Gasteiger partial charge in [-0.15, -0.1) is 0 Å². The third kappa shape index (κ3) is 2.03. The van der Waals surface area contributed by atoms with E-state index in [0.29, 0.717) is 6.54 Å². The second-order valence-electron chi connectivity index (χ2n) is 5.98. The van der Waals surface area contributed by atoms with Gasteiger partial charge in [-0.1, -0.05) is 0 Å². The molecule has 1 aliphatic heterocycles. The maximum Gasteiger partial charge on any atom is 0.258 e. The Balaban J connectivity index is 1.81. The van der Waals surface area contributed by atoms with Gasteiger partial charge in [-0.05, 0) is 13.0 Å². The van der Waals surface area contributed by atoms with Crippen molar-refractivity contribution < 1.29 is 0 Å². The average Bonchev–Trinajstić information content (AvgIpc) is 2.94. The minimum Gasteiger partial charge on any atom is -0.351 e. The van der Waals surface area contributed by atoms with Crippen molar-refractivity contribution in [3.63, 3.8) is 0 Å². The van der Waals surface area contributed by atoms with Crippen molar-refractivity contribution >= 4 is 16.9 Å². The van der Waals surface area contributed by atoms with Crippen molar-refractivity contribution in [2.45, 2.75) is 19.9 Å². The van der Waals surface area contributed by atoms with Crippen LogP contribution < -0.4 is 10.5 Å². The largest absolute Gasteiger partial charge is 0.351 e. The van der Waals surface area contributed by atoms with E-state index in [4.69, 9.17) is 0 Å². The molecule has 0 atom stereocenters. The molecule has 7 nitrogen and oxygen atoms in total. The first-order chi connectivity index (χ1) is 11.1. The van der Waals surface area contributed by atoms with Gasteiger partial charge in [-0.25, -0.2) is 15.0 Å². The van der Waals surface area contributed by atoms with Gasteiger partial charge in [0.25, 0.3) is 5.56 Å². The molecule has 0 N–H and O–H groups in total. The summed E-state index contributed by atoms with van der Waals surface area (Å²) in [6, 6.07) is 2.02. The average molecular weight is 310 g/mol. The van der Waals surface area contributed by atoms with Gasteiger partial charge in [0.15, 0.2) is 0 Å². The second kappa shape index (κ2) is 4.91. The van der Waals surface area contributed by atoms with Crippen molar-refractivity contribution in [2.75, 3.05) is 11.4 Å². The van der Waals surface area contributed by atoms with Crippen LogP contribution in [0.25, 0.3) is 11.0 Å². The zero-order valence-corrected chi connectivity index (χ0v) is 13.4. The highest BCUT2D eigenvalue weighted by molar-refractivity contribution is 5.87. The highest BCUT2D eigenvalue weighted by atomic mass is 16.1. The van der Waals surface area contributed by atoms with E-state index in [-0.39, 0.29) is 5.56 Å². The van der Waals surface area contributed by atoms with Crippen molar-refractivity contribution in [1.82, 2.24) is 24.1 Å². The van der Waals surface area contributed by atoms with Crippen LogP contribution in [-0.2, 0) is 27.1 Å². The van der Waals surface area contributed by atoms with Crippen molar-refractivity contribution in [3.05, 3.63) is 46.0 Å². The Labute approximate surface area is 133 Å². The second-order valence-corrected chi connectivity index (χ2v) is 5.98. The van der Waals surface area contributed by atoms with E-state index in [0.717, 1.165) is 46.9 Å². The predicted molar refractivity (Wildman–Crippen MR) is 87.5 cm³/mol. The highest BCUT2D eigenvalue weighted by Gasteiger charge is 2.24. The fourth-order valence-electron chi connectivity index (χ4n) is 3.18. The van der Waals surface area contributed by atoms with Crippen LogP contribution in [0.1, 0.15) is 17.1 Å². The van der Waals surface area contributed by atoms with Crippen LogP contribution in [0.15, 0.2) is 23.4 Å². The Kier molecular flexibility index (Phi) is 2.97. The van der Waals surface area contributed by atoms with Crippen molar-refractivity contribution in [3.8, 4) is 0 Å². The van der Waals surface area contributed by atoms with Gasteiger partial charge in [0.1, 0.15) is 23.6 Å². The summed E-state index contributed by atoms with van der Waals surface area (Å²) >= 11 is 0. The molecule has 0 saturated carbocycles. The van der Waals surface area contributed by atoms with E-state index in [1.165, 1.54) is 0 Å². The number of aromatic nitrogens is 5. The van der Waals surface area contributed by atoms with Crippen LogP contribution in [-0.4, -0.2) is 30.6 Å². The summed E-state index contributed by atoms with van der Waals surface area (Å²) in [4.78, 5) is 28.0. The lowest BCUT2D eigenvalue weighted by atomic mass is 10.1. The van der Waals surface area contributed by atoms with Gasteiger partial charge in [0.2, 0.25) is 0 Å². The molecule has 118 valence electrons. The van der Waals surface area contributed by atoms with Gasteiger partial charge in [0, 0.05) is 33.3 Å². The van der Waals surface area contributed by atoms with Crippen LogP contribution in [0.3, 0.4) is 0 Å². The summed E-state index contributed by atoms with van der Waals surface area (Å²) in [5.74, 6) is 1.64. The van der Waals surface area contributed by atoms with E-state index in [9.17, 15) is 4.79 Å². The summed E-state index contributed by atoms with van der Waals surface area (Å²) in [7, 11) is 3.73. The van der Waals surface area contributed by atoms with Crippen molar-refractivity contribution in [1.29, 1.82) is 0 Å². The van der Waals surface area contributed by atoms with Gasteiger partial charge in [-0.3, -0.25) is 9.36 Å². The Morgan fingerprint density at radius 1 is 1.22 bits per heavy atom. The number of hydrogen-bond donors (Lipinski definition) is 0. The SMILES string of the molecule is Cc1nc2c(c(=O)n1C)CN(c1ncnc3c1ccn3C)CC2. The molecule has 3 aromatic heterocycles. The topological polar surface area (TPSA) is 68.8 Å². The fraction of sp³-hybridized carbons (Fsp3) is 0.375. The van der Waals surface area contributed by atoms with Crippen LogP contribution in [0.2, 0.25) is 0 Å². The molecule has 0 unspecified atom stereocenters. The molecule has 4 rings (SSSR count). The first-order valence-electron chi connectivity index (χ1n) is 7.62. The minimum atomic E-state index is 0.0376. The smallest absolute Gasteiger partial charge is 0.258 e. The number of hydrogen-bond acceptors (Lipinski definition) is 5. The van der Waals surface area contributed by atoms with Crippen LogP contribution in [0.5, 0.6) is 0 Å². The van der Waals surface area contributed by atoms with Crippen LogP contribution in [0, 0.1) is 6.92 Å². The Morgan fingerprint density at radius 3 is 2.87 bits per heavy atom. The lowest BCUT2D eigenvalue weighted by molar-refractivity contribution is 0.651. The molecular formula is C16H18N6O. The molecule has 0 spiro atoms. The first-order valence-corrected chi connectivity index (χ1v) is 7.62. The molecule has 4 heterocycles. The van der Waals surface area contributed by atoms with Gasteiger partial charge in [0.05, 0.1) is 23.2 Å². The number of aryl methyl sites for hydroxylation is 2. The minimum absolute atomic E-state index is 0.0376. The molecule has 23 heavy (non-hydrogen) atoms. The van der Waals surface area contributed by atoms with E-state index in [1.807, 2.05) is 30.8 Å². The van der Waals surface area contributed by atoms with E-state index >= 15 is 0 Å². The quantitative estimate of drug-likeness (QED) is 0.669. The molecule has 0 aliphatic carbocycles. The molecule has 0 saturated heterocycles. The molecular weight excluding hydrogens is 292 g/mol. The first kappa shape index (κ1) is 13.9. The van der Waals surface area contributed by atoms with E-state index in [1.54, 1.807) is 17.9 Å². The molecule has 0 bridgehead atoms. The van der Waals surface area contributed by atoms with E-state index < -0.39 is 0 Å². The zero-order valence-electron chi connectivity index (χ0n) is 13.4. The molecule has 0 radical (unpaired) electrons. The Hall–Kier alpha value is -2.70. The predicted octanol–water partition coefficient (Wildman–Crippen LogP) is 0.933. The lowest BCUT2D eigenvalue weighted by Gasteiger charge is -2.29. The summed E-state index contributed by atoms with van der Waals surface area (Å²) in [6.07, 6.45) is 4.31. The number of anilines is 1. The molecule has 0 amide bonds. The Morgan fingerprint density at radius 2 is 2.04 bits per heavy atom. The number of rotatable bonds is 1. The summed E-state index contributed by atoms with van der Waals surface area (Å²) in [5, 5.41) is 1.01. The molecule has 1 aliphatic rings. The summed E-state index contributed by atoms with van der Waals surface area (Å²) in [5.41, 5.74) is 2.62. The maximum absolute atomic E-state index is 12.5. The normalized spacial score (nSPS) is 14.3. The summed E-state index contributed by atoms with van der Waals surface area (Å²) in [6.45, 7) is 3.20. The highest BCUT2D eigenvalue weighted by Crippen LogP contribution is 2.27. The van der Waals surface area contributed by atoms with Crippen LogP contribution >= 0.6 is 0 Å². The van der Waals surface area contributed by atoms with E-state index in [2.05, 4.69) is 19.9 Å². The maximum atomic E-state index is 12.5. The van der Waals surface area contributed by atoms with Gasteiger partial charge in [-0.2, -0.15) is 0 Å². The molecule has 0 fully saturated rings. The number of fused-ring (bicyclic) bond motifs is 2. The molecule has 3 aromatic rings. The lowest BCUT2D eigenvalue weighted by Crippen LogP contribution is -2.38. The molecule has 0 aromatic carbocycles. The zero-order chi connectivity index (χ0) is 16.1. The number of nitrogens with zero attached hydrogens (tertiary/aromatic N) is 6. The van der Waals surface area contributed by atoms with Gasteiger partial charge < -0.3 is 9.47 Å². The van der Waals surface area contributed by atoms with Crippen molar-refractivity contribution in [2.24, 2.45) is 14.1 Å². The Bertz CT molecular complexity index is 971. The third-order valence-electron chi connectivity index (χ3n) is 4.60. The monoisotopic (exact) mass is 310 g/mol. The standard InChI is InChI=1S/C16H18N6O/c1-10-19-13-5-7-22(8-12(13)16(23)21(10)3)15-11-4-6-20(2)14(11)17-9-18-15/h4,6,9H,5,7-8H2,1-3H3. The van der Waals surface area contributed by atoms with Crippen LogP contribution in [0.4, 0.5) is 5.82 Å². The fourth-order valence-corrected chi connectivity index (χ4v) is 3.18.